The van der Waals surface area contributed by atoms with Gasteiger partial charge >= 0.3 is 18.2 Å². The van der Waals surface area contributed by atoms with Crippen molar-refractivity contribution in [2.24, 2.45) is 0 Å². The van der Waals surface area contributed by atoms with Crippen molar-refractivity contribution in [2.75, 3.05) is 13.6 Å². The molecule has 2 N–H and O–H groups in total. The summed E-state index contributed by atoms with van der Waals surface area (Å²) in [5.41, 5.74) is 0. The van der Waals surface area contributed by atoms with E-state index in [0.29, 0.717) is 0 Å². The Hall–Kier alpha value is -1.47. The number of nitrogens with zero attached hydrogens (tertiary/aromatic N) is 1. The van der Waals surface area contributed by atoms with Gasteiger partial charge in [-0.25, -0.2) is 9.59 Å². The zero-order chi connectivity index (χ0) is 13.6. The van der Waals surface area contributed by atoms with Crippen LogP contribution >= 0.6 is 0 Å². The number of hydrogen-bond donors (Lipinski definition) is 2. The highest BCUT2D eigenvalue weighted by Crippen LogP contribution is 2.19. The summed E-state index contributed by atoms with van der Waals surface area (Å²) < 4.78 is 35.7. The van der Waals surface area contributed by atoms with Crippen molar-refractivity contribution in [3.8, 4) is 0 Å². The van der Waals surface area contributed by atoms with Crippen LogP contribution in [-0.2, 0) is 4.79 Å². The third-order valence-electron chi connectivity index (χ3n) is 2.08. The van der Waals surface area contributed by atoms with E-state index in [4.69, 9.17) is 5.11 Å². The molecule has 0 bridgehead atoms. The number of nitrogens with one attached hydrogen (secondary N) is 1. The molecule has 0 radical (unpaired) electrons. The second-order valence-electron chi connectivity index (χ2n) is 3.54. The van der Waals surface area contributed by atoms with Crippen molar-refractivity contribution in [2.45, 2.75) is 32.0 Å². The maximum Gasteiger partial charge on any atom is 0.390 e. The van der Waals surface area contributed by atoms with Gasteiger partial charge in [0.2, 0.25) is 0 Å². The molecule has 8 heteroatoms. The number of rotatable bonds is 5. The Kier molecular flexibility index (Phi) is 5.77. The van der Waals surface area contributed by atoms with Crippen molar-refractivity contribution in [3.63, 3.8) is 0 Å². The molecule has 17 heavy (non-hydrogen) atoms. The molecule has 0 fully saturated rings. The highest BCUT2D eigenvalue weighted by atomic mass is 19.4. The first kappa shape index (κ1) is 15.5. The lowest BCUT2D eigenvalue weighted by molar-refractivity contribution is -0.140. The number of aliphatic carboxylic acids is 1. The minimum absolute atomic E-state index is 0.161. The van der Waals surface area contributed by atoms with E-state index in [0.717, 1.165) is 4.90 Å². The molecule has 0 aromatic carbocycles. The number of carboxylic acid groups (broad SMARTS) is 1. The van der Waals surface area contributed by atoms with E-state index in [1.807, 2.05) is 0 Å². The molecule has 0 spiro atoms. The molecule has 2 amide bonds. The molecule has 1 atom stereocenters. The smallest absolute Gasteiger partial charge is 0.390 e. The van der Waals surface area contributed by atoms with E-state index in [9.17, 15) is 22.8 Å². The largest absolute Gasteiger partial charge is 0.480 e. The maximum absolute atomic E-state index is 11.9. The molecular formula is C9H15F3N2O3. The summed E-state index contributed by atoms with van der Waals surface area (Å²) >= 11 is 0. The van der Waals surface area contributed by atoms with E-state index in [2.05, 4.69) is 5.32 Å². The van der Waals surface area contributed by atoms with E-state index >= 15 is 0 Å². The summed E-state index contributed by atoms with van der Waals surface area (Å²) in [5, 5.41) is 10.8. The SMILES string of the molecule is CCC(NC(=O)N(C)CCC(F)(F)F)C(=O)O. The van der Waals surface area contributed by atoms with Crippen LogP contribution in [0.3, 0.4) is 0 Å². The van der Waals surface area contributed by atoms with Gasteiger partial charge in [-0.1, -0.05) is 6.92 Å². The quantitative estimate of drug-likeness (QED) is 0.782. The topological polar surface area (TPSA) is 69.6 Å². The molecule has 1 unspecified atom stereocenters. The van der Waals surface area contributed by atoms with Gasteiger partial charge in [-0.15, -0.1) is 0 Å². The van der Waals surface area contributed by atoms with Crippen LogP contribution in [0.15, 0.2) is 0 Å². The number of urea groups is 1. The van der Waals surface area contributed by atoms with Crippen LogP contribution < -0.4 is 5.32 Å². The van der Waals surface area contributed by atoms with Gasteiger partial charge in [0.05, 0.1) is 6.42 Å². The molecule has 0 saturated heterocycles. The summed E-state index contributed by atoms with van der Waals surface area (Å²) in [6, 6.07) is -1.92. The summed E-state index contributed by atoms with van der Waals surface area (Å²) in [7, 11) is 1.18. The lowest BCUT2D eigenvalue weighted by Crippen LogP contribution is -2.47. The molecule has 0 saturated carbocycles. The zero-order valence-corrected chi connectivity index (χ0v) is 9.54. The highest BCUT2D eigenvalue weighted by molar-refractivity contribution is 5.82. The first-order valence-corrected chi connectivity index (χ1v) is 4.98. The van der Waals surface area contributed by atoms with E-state index in [1.165, 1.54) is 7.05 Å². The first-order valence-electron chi connectivity index (χ1n) is 4.98. The molecule has 0 aromatic heterocycles. The van der Waals surface area contributed by atoms with Crippen LogP contribution in [0.5, 0.6) is 0 Å². The molecule has 0 aliphatic carbocycles. The second kappa shape index (κ2) is 6.31. The van der Waals surface area contributed by atoms with Crippen LogP contribution in [0.25, 0.3) is 0 Å². The third-order valence-corrected chi connectivity index (χ3v) is 2.08. The Morgan fingerprint density at radius 3 is 2.29 bits per heavy atom. The summed E-state index contributed by atoms with van der Waals surface area (Å²) in [6.07, 6.45) is -5.31. The number of hydrogen-bond acceptors (Lipinski definition) is 2. The normalized spacial score (nSPS) is 13.0. The van der Waals surface area contributed by atoms with Crippen molar-refractivity contribution in [1.82, 2.24) is 10.2 Å². The molecule has 0 heterocycles. The van der Waals surface area contributed by atoms with Gasteiger partial charge in [0.25, 0.3) is 0 Å². The minimum Gasteiger partial charge on any atom is -0.480 e. The van der Waals surface area contributed by atoms with Gasteiger partial charge in [0.1, 0.15) is 6.04 Å². The Labute approximate surface area is 96.6 Å². The second-order valence-corrected chi connectivity index (χ2v) is 3.54. The summed E-state index contributed by atoms with van der Waals surface area (Å²) in [6.45, 7) is 1.04. The number of amides is 2. The van der Waals surface area contributed by atoms with E-state index < -0.39 is 37.2 Å². The van der Waals surface area contributed by atoms with Gasteiger partial charge in [-0.05, 0) is 6.42 Å². The minimum atomic E-state index is -4.34. The van der Waals surface area contributed by atoms with Crippen LogP contribution in [-0.4, -0.2) is 47.8 Å². The lowest BCUT2D eigenvalue weighted by atomic mass is 10.2. The predicted molar refractivity (Wildman–Crippen MR) is 53.5 cm³/mol. The van der Waals surface area contributed by atoms with Crippen LogP contribution in [0.2, 0.25) is 0 Å². The Morgan fingerprint density at radius 2 is 1.94 bits per heavy atom. The van der Waals surface area contributed by atoms with Crippen molar-refractivity contribution < 1.29 is 27.9 Å². The summed E-state index contributed by atoms with van der Waals surface area (Å²) in [5.74, 6) is -1.22. The first-order chi connectivity index (χ1) is 7.67. The molecule has 0 aliphatic rings. The van der Waals surface area contributed by atoms with E-state index in [1.54, 1.807) is 6.92 Å². The number of carbonyl (C=O) groups is 2. The third kappa shape index (κ3) is 6.64. The van der Waals surface area contributed by atoms with Crippen molar-refractivity contribution in [1.29, 1.82) is 0 Å². The lowest BCUT2D eigenvalue weighted by Gasteiger charge is -2.21. The average molecular weight is 256 g/mol. The van der Waals surface area contributed by atoms with Crippen LogP contribution in [0.1, 0.15) is 19.8 Å². The van der Waals surface area contributed by atoms with Crippen molar-refractivity contribution in [3.05, 3.63) is 0 Å². The standard InChI is InChI=1S/C9H15F3N2O3/c1-3-6(7(15)16)13-8(17)14(2)5-4-9(10,11)12/h6H,3-5H2,1-2H3,(H,13,17)(H,15,16). The zero-order valence-electron chi connectivity index (χ0n) is 9.54. The number of carbonyl (C=O) groups excluding carboxylic acids is 1. The molecule has 5 nitrogen and oxygen atoms in total. The fourth-order valence-corrected chi connectivity index (χ4v) is 0.994. The van der Waals surface area contributed by atoms with Crippen LogP contribution in [0, 0.1) is 0 Å². The molecular weight excluding hydrogens is 241 g/mol. The Bertz CT molecular complexity index is 281. The molecule has 0 aliphatic heterocycles. The monoisotopic (exact) mass is 256 g/mol. The van der Waals surface area contributed by atoms with Crippen LogP contribution in [0.4, 0.5) is 18.0 Å². The number of halogens is 3. The number of alkyl halides is 3. The van der Waals surface area contributed by atoms with Crippen molar-refractivity contribution >= 4 is 12.0 Å². The average Bonchev–Trinajstić information content (AvgIpc) is 2.20. The summed E-state index contributed by atoms with van der Waals surface area (Å²) in [4.78, 5) is 22.7. The Morgan fingerprint density at radius 1 is 1.41 bits per heavy atom. The van der Waals surface area contributed by atoms with E-state index in [-0.39, 0.29) is 6.42 Å². The maximum atomic E-state index is 11.9. The predicted octanol–water partition coefficient (Wildman–Crippen LogP) is 1.44. The Balaban J connectivity index is 4.18. The highest BCUT2D eigenvalue weighted by Gasteiger charge is 2.28. The molecule has 0 aromatic rings. The van der Waals surface area contributed by atoms with Gasteiger partial charge in [-0.3, -0.25) is 0 Å². The van der Waals surface area contributed by atoms with Gasteiger partial charge in [0.15, 0.2) is 0 Å². The van der Waals surface area contributed by atoms with Gasteiger partial charge < -0.3 is 15.3 Å². The van der Waals surface area contributed by atoms with Gasteiger partial charge in [-0.2, -0.15) is 13.2 Å². The molecule has 0 rings (SSSR count). The number of carboxylic acids is 1. The van der Waals surface area contributed by atoms with Gasteiger partial charge in [0, 0.05) is 13.6 Å². The molecule has 100 valence electrons. The fraction of sp³-hybridized carbons (Fsp3) is 0.778. The fourth-order valence-electron chi connectivity index (χ4n) is 0.994.